The smallest absolute Gasteiger partial charge is 0.223 e. The van der Waals surface area contributed by atoms with Crippen molar-refractivity contribution in [1.82, 2.24) is 9.99 Å². The first-order valence-corrected chi connectivity index (χ1v) is 7.75. The van der Waals surface area contributed by atoms with Crippen molar-refractivity contribution >= 4 is 17.8 Å². The molecule has 0 saturated heterocycles. The molecule has 1 amide bonds. The molecular weight excluding hydrogens is 318 g/mol. The van der Waals surface area contributed by atoms with Gasteiger partial charge in [-0.25, -0.2) is 5.84 Å². The number of nitrogens with zero attached hydrogens (tertiary/aromatic N) is 3. The zero-order chi connectivity index (χ0) is 18.7. The van der Waals surface area contributed by atoms with E-state index in [1.807, 2.05) is 38.2 Å². The Hall–Kier alpha value is -2.93. The molecule has 0 saturated carbocycles. The van der Waals surface area contributed by atoms with Gasteiger partial charge in [0.25, 0.3) is 0 Å². The number of carbonyl (C=O) groups excluding carboxylic acids is 1. The molecule has 0 aliphatic heterocycles. The number of nitrogens with two attached hydrogens (primary N) is 1. The Kier molecular flexibility index (Phi) is 8.67. The first kappa shape index (κ1) is 20.1. The molecule has 0 atom stereocenters. The van der Waals surface area contributed by atoms with Crippen molar-refractivity contribution in [2.24, 2.45) is 11.0 Å². The number of hydrogen-bond acceptors (Lipinski definition) is 6. The summed E-state index contributed by atoms with van der Waals surface area (Å²) in [5.74, 6) is 4.76. The molecule has 7 nitrogen and oxygen atoms in total. The molecule has 1 aromatic heterocycles. The Morgan fingerprint density at radius 1 is 1.40 bits per heavy atom. The first-order chi connectivity index (χ1) is 12.0. The van der Waals surface area contributed by atoms with E-state index in [4.69, 9.17) is 10.7 Å². The largest absolute Gasteiger partial charge is 0.391 e. The molecule has 1 heterocycles. The predicted octanol–water partition coefficient (Wildman–Crippen LogP) is 2.32. The number of rotatable bonds is 6. The van der Waals surface area contributed by atoms with Gasteiger partial charge >= 0.3 is 0 Å². The van der Waals surface area contributed by atoms with Crippen molar-refractivity contribution in [3.63, 3.8) is 0 Å². The molecule has 0 fully saturated rings. The van der Waals surface area contributed by atoms with E-state index in [0.717, 1.165) is 27.5 Å². The summed E-state index contributed by atoms with van der Waals surface area (Å²) in [5.41, 5.74) is 5.16. The molecule has 1 aromatic carbocycles. The lowest BCUT2D eigenvalue weighted by molar-refractivity contribution is -0.117. The second kappa shape index (κ2) is 10.8. The van der Waals surface area contributed by atoms with Gasteiger partial charge in [0.05, 0.1) is 5.71 Å². The summed E-state index contributed by atoms with van der Waals surface area (Å²) in [6.07, 6.45) is 4.04. The summed E-state index contributed by atoms with van der Waals surface area (Å²) in [7, 11) is 3.37. The van der Waals surface area contributed by atoms with Gasteiger partial charge in [0, 0.05) is 43.3 Å². The van der Waals surface area contributed by atoms with E-state index in [2.05, 4.69) is 28.4 Å². The molecule has 3 N–H and O–H groups in total. The van der Waals surface area contributed by atoms with Crippen molar-refractivity contribution in [3.8, 4) is 0 Å². The highest BCUT2D eigenvalue weighted by Crippen LogP contribution is 2.20. The summed E-state index contributed by atoms with van der Waals surface area (Å²) in [5, 5.41) is 8.27. The fourth-order valence-electron chi connectivity index (χ4n) is 1.95. The minimum absolute atomic E-state index is 0.445. The molecule has 0 bridgehead atoms. The van der Waals surface area contributed by atoms with Gasteiger partial charge in [-0.1, -0.05) is 17.3 Å². The number of hydrogen-bond donors (Lipinski definition) is 2. The zero-order valence-electron chi connectivity index (χ0n) is 15.1. The van der Waals surface area contributed by atoms with Crippen LogP contribution in [0.25, 0.3) is 0 Å². The average molecular weight is 343 g/mol. The van der Waals surface area contributed by atoms with Crippen LogP contribution in [-0.4, -0.2) is 36.2 Å². The summed E-state index contributed by atoms with van der Waals surface area (Å²) in [4.78, 5) is 18.9. The van der Waals surface area contributed by atoms with Crippen LogP contribution in [0.1, 0.15) is 23.6 Å². The Balaban J connectivity index is 0.000000550. The van der Waals surface area contributed by atoms with E-state index in [1.54, 1.807) is 12.4 Å². The van der Waals surface area contributed by atoms with Crippen molar-refractivity contribution in [1.29, 1.82) is 0 Å². The highest BCUT2D eigenvalue weighted by molar-refractivity contribution is 5.97. The Labute approximate surface area is 148 Å². The minimum atomic E-state index is 0.445. The van der Waals surface area contributed by atoms with Crippen LogP contribution in [0.4, 0.5) is 5.69 Å². The molecule has 25 heavy (non-hydrogen) atoms. The van der Waals surface area contributed by atoms with Crippen LogP contribution in [0.2, 0.25) is 0 Å². The quantitative estimate of drug-likeness (QED) is 0.276. The van der Waals surface area contributed by atoms with Crippen molar-refractivity contribution in [2.75, 3.05) is 19.4 Å². The second-order valence-corrected chi connectivity index (χ2v) is 5.31. The third kappa shape index (κ3) is 7.01. The van der Waals surface area contributed by atoms with Gasteiger partial charge in [0.1, 0.15) is 6.61 Å². The third-order valence-electron chi connectivity index (χ3n) is 3.34. The number of nitrogens with one attached hydrogen (secondary N) is 1. The molecule has 0 radical (unpaired) electrons. The number of aromatic nitrogens is 1. The van der Waals surface area contributed by atoms with E-state index in [9.17, 15) is 4.79 Å². The first-order valence-electron chi connectivity index (χ1n) is 7.75. The topological polar surface area (TPSA) is 92.8 Å². The van der Waals surface area contributed by atoms with Gasteiger partial charge in [0.2, 0.25) is 6.41 Å². The average Bonchev–Trinajstić information content (AvgIpc) is 2.64. The van der Waals surface area contributed by atoms with Gasteiger partial charge in [-0.05, 0) is 37.6 Å². The number of carbonyl (C=O) groups is 1. The van der Waals surface area contributed by atoms with Crippen LogP contribution in [0.5, 0.6) is 0 Å². The predicted molar refractivity (Wildman–Crippen MR) is 100.0 cm³/mol. The van der Waals surface area contributed by atoms with Crippen LogP contribution in [0, 0.1) is 6.92 Å². The molecule has 0 unspecified atom stereocenters. The van der Waals surface area contributed by atoms with Crippen LogP contribution < -0.4 is 11.2 Å². The maximum Gasteiger partial charge on any atom is 0.223 e. The standard InChI is InChI=1S/C16H19N3O.C2H6N2O/c1-12-6-4-8-16(17-3)15(12)11-20-19-13(2)14-7-5-9-18-10-14;1-4(3)2-5/h4-10,17H,11H2,1-3H3;2H,3H2,1H3. The van der Waals surface area contributed by atoms with Crippen molar-refractivity contribution in [3.05, 3.63) is 59.4 Å². The molecule has 7 heteroatoms. The molecule has 2 aromatic rings. The summed E-state index contributed by atoms with van der Waals surface area (Å²) in [6, 6.07) is 9.96. The van der Waals surface area contributed by atoms with Crippen LogP contribution in [-0.2, 0) is 16.2 Å². The number of oxime groups is 1. The SMILES string of the molecule is CN(N)C=O.CNc1cccc(C)c1CON=C(C)c1cccnc1. The number of amides is 1. The normalized spacial score (nSPS) is 10.4. The van der Waals surface area contributed by atoms with Crippen LogP contribution >= 0.6 is 0 Å². The van der Waals surface area contributed by atoms with Gasteiger partial charge in [-0.3, -0.25) is 14.8 Å². The summed E-state index contributed by atoms with van der Waals surface area (Å²) < 4.78 is 0. The molecule has 0 aliphatic carbocycles. The number of anilines is 1. The van der Waals surface area contributed by atoms with E-state index in [-0.39, 0.29) is 0 Å². The van der Waals surface area contributed by atoms with Crippen LogP contribution in [0.3, 0.4) is 0 Å². The van der Waals surface area contributed by atoms with Gasteiger partial charge in [0.15, 0.2) is 0 Å². The fraction of sp³-hybridized carbons (Fsp3) is 0.278. The van der Waals surface area contributed by atoms with Crippen LogP contribution in [0.15, 0.2) is 47.9 Å². The Bertz CT molecular complexity index is 687. The van der Waals surface area contributed by atoms with Gasteiger partial charge in [-0.15, -0.1) is 0 Å². The minimum Gasteiger partial charge on any atom is -0.391 e. The van der Waals surface area contributed by atoms with Crippen molar-refractivity contribution in [2.45, 2.75) is 20.5 Å². The number of aryl methyl sites for hydroxylation is 1. The number of benzene rings is 1. The Morgan fingerprint density at radius 2 is 2.12 bits per heavy atom. The van der Waals surface area contributed by atoms with Gasteiger partial charge < -0.3 is 10.2 Å². The highest BCUT2D eigenvalue weighted by atomic mass is 16.6. The van der Waals surface area contributed by atoms with E-state index < -0.39 is 0 Å². The monoisotopic (exact) mass is 343 g/mol. The molecule has 0 spiro atoms. The third-order valence-corrected chi connectivity index (χ3v) is 3.34. The molecular formula is C18H25N5O2. The molecule has 0 aliphatic rings. The maximum absolute atomic E-state index is 9.31. The van der Waals surface area contributed by atoms with E-state index in [0.29, 0.717) is 13.0 Å². The lowest BCUT2D eigenvalue weighted by atomic mass is 10.1. The highest BCUT2D eigenvalue weighted by Gasteiger charge is 2.05. The Morgan fingerprint density at radius 3 is 2.68 bits per heavy atom. The lowest BCUT2D eigenvalue weighted by Gasteiger charge is -2.11. The van der Waals surface area contributed by atoms with E-state index >= 15 is 0 Å². The number of hydrazine groups is 1. The zero-order valence-corrected chi connectivity index (χ0v) is 15.1. The molecule has 2 rings (SSSR count). The summed E-state index contributed by atoms with van der Waals surface area (Å²) >= 11 is 0. The summed E-state index contributed by atoms with van der Waals surface area (Å²) in [6.45, 7) is 4.42. The number of pyridine rings is 1. The molecule has 134 valence electrons. The maximum atomic E-state index is 9.31. The lowest BCUT2D eigenvalue weighted by Crippen LogP contribution is -2.23. The fourth-order valence-corrected chi connectivity index (χ4v) is 1.95. The van der Waals surface area contributed by atoms with E-state index in [1.165, 1.54) is 12.6 Å². The van der Waals surface area contributed by atoms with Crippen molar-refractivity contribution < 1.29 is 9.63 Å². The van der Waals surface area contributed by atoms with Gasteiger partial charge in [-0.2, -0.15) is 0 Å². The second-order valence-electron chi connectivity index (χ2n) is 5.31.